The number of para-hydroxylation sites is 1. The van der Waals surface area contributed by atoms with E-state index in [9.17, 15) is 4.79 Å². The zero-order valence-electron chi connectivity index (χ0n) is 15.3. The average molecular weight is 459 g/mol. The van der Waals surface area contributed by atoms with E-state index < -0.39 is 0 Å². The molecule has 0 radical (unpaired) electrons. The highest BCUT2D eigenvalue weighted by molar-refractivity contribution is 9.10. The van der Waals surface area contributed by atoms with Crippen LogP contribution < -0.4 is 4.74 Å². The van der Waals surface area contributed by atoms with Gasteiger partial charge in [-0.3, -0.25) is 4.79 Å². The average Bonchev–Trinajstić information content (AvgIpc) is 3.12. The van der Waals surface area contributed by atoms with E-state index in [-0.39, 0.29) is 11.9 Å². The second kappa shape index (κ2) is 7.53. The molecule has 0 spiro atoms. The first-order chi connectivity index (χ1) is 13.5. The summed E-state index contributed by atoms with van der Waals surface area (Å²) in [5.41, 5.74) is 3.27. The van der Waals surface area contributed by atoms with E-state index in [1.54, 1.807) is 7.11 Å². The molecular weight excluding hydrogens is 442 g/mol. The van der Waals surface area contributed by atoms with Gasteiger partial charge in [-0.1, -0.05) is 51.8 Å². The van der Waals surface area contributed by atoms with Gasteiger partial charge in [0.15, 0.2) is 0 Å². The van der Waals surface area contributed by atoms with Crippen molar-refractivity contribution in [2.75, 3.05) is 7.11 Å². The summed E-state index contributed by atoms with van der Waals surface area (Å²) in [6.07, 6.45) is 0.562. The molecule has 1 aliphatic heterocycles. The van der Waals surface area contributed by atoms with Crippen molar-refractivity contribution in [2.24, 2.45) is 5.10 Å². The van der Waals surface area contributed by atoms with Crippen molar-refractivity contribution in [1.29, 1.82) is 0 Å². The number of ether oxygens (including phenoxy) is 1. The topological polar surface area (TPSA) is 54.8 Å². The van der Waals surface area contributed by atoms with Crippen LogP contribution in [0.3, 0.4) is 0 Å². The lowest BCUT2D eigenvalue weighted by Gasteiger charge is -2.21. The van der Waals surface area contributed by atoms with Crippen molar-refractivity contribution in [3.8, 4) is 5.75 Å². The van der Waals surface area contributed by atoms with Crippen molar-refractivity contribution in [1.82, 2.24) is 9.99 Å². The molecule has 1 aromatic heterocycles. The predicted molar refractivity (Wildman–Crippen MR) is 114 cm³/mol. The third-order valence-electron chi connectivity index (χ3n) is 4.76. The highest BCUT2D eigenvalue weighted by Crippen LogP contribution is 2.38. The van der Waals surface area contributed by atoms with Gasteiger partial charge >= 0.3 is 0 Å². The molecule has 0 N–H and O–H groups in total. The van der Waals surface area contributed by atoms with Gasteiger partial charge in [0.2, 0.25) is 5.91 Å². The fourth-order valence-electron chi connectivity index (χ4n) is 3.45. The Labute approximate surface area is 176 Å². The number of hydrogen-bond acceptors (Lipinski definition) is 4. The summed E-state index contributed by atoms with van der Waals surface area (Å²) in [7, 11) is 1.60. The lowest BCUT2D eigenvalue weighted by Crippen LogP contribution is -2.24. The number of carbonyl (C=O) groups is 1. The maximum absolute atomic E-state index is 12.3. The summed E-state index contributed by atoms with van der Waals surface area (Å²) < 4.78 is 6.34. The number of benzene rings is 2. The molecule has 0 bridgehead atoms. The quantitative estimate of drug-likeness (QED) is 0.497. The molecule has 1 amide bonds. The van der Waals surface area contributed by atoms with Gasteiger partial charge in [-0.05, 0) is 29.8 Å². The molecule has 28 heavy (non-hydrogen) atoms. The second-order valence-corrected chi connectivity index (χ2v) is 7.81. The molecule has 1 atom stereocenters. The normalized spacial score (nSPS) is 16.4. The Kier molecular flexibility index (Phi) is 5.08. The number of nitrogens with zero attached hydrogens (tertiary/aromatic N) is 3. The summed E-state index contributed by atoms with van der Waals surface area (Å²) >= 11 is 10.0. The molecule has 5 nitrogen and oxygen atoms in total. The van der Waals surface area contributed by atoms with Crippen LogP contribution in [0.2, 0.25) is 5.15 Å². The van der Waals surface area contributed by atoms with E-state index in [1.807, 2.05) is 48.5 Å². The number of carbonyl (C=O) groups excluding carboxylic acids is 1. The van der Waals surface area contributed by atoms with Gasteiger partial charge in [0.05, 0.1) is 18.9 Å². The summed E-state index contributed by atoms with van der Waals surface area (Å²) in [5.74, 6) is 0.517. The maximum atomic E-state index is 12.3. The van der Waals surface area contributed by atoms with Crippen LogP contribution in [0.5, 0.6) is 5.75 Å². The molecule has 0 unspecified atom stereocenters. The SMILES string of the molecule is COc1cccc2cc([C@H]3CC(c4cccc(Br)c4)=NN3C(C)=O)c(Cl)nc12. The van der Waals surface area contributed by atoms with Crippen molar-refractivity contribution in [3.05, 3.63) is 69.3 Å². The Morgan fingerprint density at radius 3 is 2.75 bits per heavy atom. The van der Waals surface area contributed by atoms with Gasteiger partial charge in [-0.2, -0.15) is 5.10 Å². The number of halogens is 2. The van der Waals surface area contributed by atoms with Crippen LogP contribution >= 0.6 is 27.5 Å². The molecule has 0 aliphatic carbocycles. The fourth-order valence-corrected chi connectivity index (χ4v) is 4.11. The highest BCUT2D eigenvalue weighted by Gasteiger charge is 2.33. The first-order valence-electron chi connectivity index (χ1n) is 8.74. The van der Waals surface area contributed by atoms with Crippen LogP contribution in [0.4, 0.5) is 0 Å². The van der Waals surface area contributed by atoms with Gasteiger partial charge in [0, 0.05) is 28.8 Å². The van der Waals surface area contributed by atoms with Crippen LogP contribution in [0, 0.1) is 0 Å². The number of methoxy groups -OCH3 is 1. The Balaban J connectivity index is 1.78. The molecule has 2 aromatic carbocycles. The zero-order valence-corrected chi connectivity index (χ0v) is 17.7. The van der Waals surface area contributed by atoms with Crippen LogP contribution in [0.15, 0.2) is 58.1 Å². The number of pyridine rings is 1. The predicted octanol–water partition coefficient (Wildman–Crippen LogP) is 5.36. The van der Waals surface area contributed by atoms with Gasteiger partial charge in [0.1, 0.15) is 16.4 Å². The largest absolute Gasteiger partial charge is 0.494 e. The first kappa shape index (κ1) is 18.9. The number of hydrazone groups is 1. The van der Waals surface area contributed by atoms with Gasteiger partial charge in [0.25, 0.3) is 0 Å². The Morgan fingerprint density at radius 2 is 2.04 bits per heavy atom. The van der Waals surface area contributed by atoms with Gasteiger partial charge < -0.3 is 4.74 Å². The van der Waals surface area contributed by atoms with E-state index in [2.05, 4.69) is 26.0 Å². The molecule has 7 heteroatoms. The summed E-state index contributed by atoms with van der Waals surface area (Å²) in [5, 5.41) is 7.32. The second-order valence-electron chi connectivity index (χ2n) is 6.54. The Bertz CT molecular complexity index is 1120. The van der Waals surface area contributed by atoms with E-state index in [4.69, 9.17) is 16.3 Å². The smallest absolute Gasteiger partial charge is 0.240 e. The lowest BCUT2D eigenvalue weighted by molar-refractivity contribution is -0.130. The highest BCUT2D eigenvalue weighted by atomic mass is 79.9. The van der Waals surface area contributed by atoms with E-state index in [0.29, 0.717) is 22.8 Å². The fraction of sp³-hybridized carbons (Fsp3) is 0.190. The van der Waals surface area contributed by atoms with Crippen LogP contribution in [-0.4, -0.2) is 28.7 Å². The molecule has 0 fully saturated rings. The van der Waals surface area contributed by atoms with Gasteiger partial charge in [-0.25, -0.2) is 9.99 Å². The van der Waals surface area contributed by atoms with Crippen molar-refractivity contribution in [2.45, 2.75) is 19.4 Å². The minimum Gasteiger partial charge on any atom is -0.494 e. The van der Waals surface area contributed by atoms with E-state index in [0.717, 1.165) is 26.7 Å². The van der Waals surface area contributed by atoms with Crippen molar-refractivity contribution < 1.29 is 9.53 Å². The minimum atomic E-state index is -0.304. The van der Waals surface area contributed by atoms with Gasteiger partial charge in [-0.15, -0.1) is 0 Å². The standard InChI is InChI=1S/C21H17BrClN3O2/c1-12(27)26-18(11-17(25-26)13-5-3-7-15(22)9-13)16-10-14-6-4-8-19(28-2)20(14)24-21(16)23/h3-10,18H,11H2,1-2H3/t18-/m1/s1. The zero-order chi connectivity index (χ0) is 19.8. The number of aromatic nitrogens is 1. The van der Waals surface area contributed by atoms with E-state index in [1.165, 1.54) is 11.9 Å². The van der Waals surface area contributed by atoms with Crippen molar-refractivity contribution in [3.63, 3.8) is 0 Å². The maximum Gasteiger partial charge on any atom is 0.240 e. The molecular formula is C21H17BrClN3O2. The van der Waals surface area contributed by atoms with E-state index >= 15 is 0 Å². The summed E-state index contributed by atoms with van der Waals surface area (Å²) in [6, 6.07) is 15.2. The number of rotatable bonds is 3. The molecule has 142 valence electrons. The Hall–Kier alpha value is -2.44. The molecule has 4 rings (SSSR count). The van der Waals surface area contributed by atoms with Crippen LogP contribution in [0.1, 0.15) is 30.5 Å². The summed E-state index contributed by atoms with van der Waals surface area (Å²) in [6.45, 7) is 1.51. The molecule has 0 saturated heterocycles. The van der Waals surface area contributed by atoms with Crippen LogP contribution in [-0.2, 0) is 4.79 Å². The Morgan fingerprint density at radius 1 is 1.25 bits per heavy atom. The number of hydrogen-bond donors (Lipinski definition) is 0. The van der Waals surface area contributed by atoms with Crippen LogP contribution in [0.25, 0.3) is 10.9 Å². The first-order valence-corrected chi connectivity index (χ1v) is 9.91. The molecule has 3 aromatic rings. The molecule has 1 aliphatic rings. The monoisotopic (exact) mass is 457 g/mol. The molecule has 0 saturated carbocycles. The summed E-state index contributed by atoms with van der Waals surface area (Å²) in [4.78, 5) is 16.8. The molecule has 2 heterocycles. The third-order valence-corrected chi connectivity index (χ3v) is 5.56. The minimum absolute atomic E-state index is 0.142. The third kappa shape index (κ3) is 3.38. The number of amides is 1. The number of fused-ring (bicyclic) bond motifs is 1. The lowest BCUT2D eigenvalue weighted by atomic mass is 9.98. The van der Waals surface area contributed by atoms with Crippen molar-refractivity contribution >= 4 is 50.1 Å².